The molecule has 0 aliphatic carbocycles. The van der Waals surface area contributed by atoms with Crippen molar-refractivity contribution >= 4 is 39.2 Å². The van der Waals surface area contributed by atoms with Crippen LogP contribution in [-0.4, -0.2) is 21.9 Å². The molecule has 6 heteroatoms. The lowest BCUT2D eigenvalue weighted by Gasteiger charge is -2.11. The fraction of sp³-hybridized carbons (Fsp3) is 0.130. The number of thiophene rings is 1. The lowest BCUT2D eigenvalue weighted by atomic mass is 10.1. The smallest absolute Gasteiger partial charge is 0.259 e. The van der Waals surface area contributed by atoms with Gasteiger partial charge in [0.1, 0.15) is 5.00 Å². The number of hydrogen-bond acceptors (Lipinski definition) is 4. The predicted octanol–water partition coefficient (Wildman–Crippen LogP) is 5.68. The Morgan fingerprint density at radius 1 is 1.10 bits per heavy atom. The first kappa shape index (κ1) is 19.0. The van der Waals surface area contributed by atoms with Crippen molar-refractivity contribution in [1.29, 1.82) is 0 Å². The molecule has 2 aromatic heterocycles. The monoisotopic (exact) mass is 403 g/mol. The molecule has 0 spiro atoms. The second-order valence-corrected chi connectivity index (χ2v) is 8.04. The molecule has 0 saturated carbocycles. The van der Waals surface area contributed by atoms with E-state index in [0.29, 0.717) is 5.56 Å². The van der Waals surface area contributed by atoms with Gasteiger partial charge in [0.25, 0.3) is 5.91 Å². The molecule has 0 saturated heterocycles. The summed E-state index contributed by atoms with van der Waals surface area (Å²) < 4.78 is 3.09. The lowest BCUT2D eigenvalue weighted by molar-refractivity contribution is 0.102. The maximum absolute atomic E-state index is 13.3. The topological polar surface area (TPSA) is 66.6 Å². The molecule has 2 heterocycles. The van der Waals surface area contributed by atoms with E-state index in [1.807, 2.05) is 79.9 Å². The van der Waals surface area contributed by atoms with Gasteiger partial charge in [-0.3, -0.25) is 4.79 Å². The number of carbonyl (C=O) groups is 1. The van der Waals surface area contributed by atoms with Crippen LogP contribution in [0.2, 0.25) is 0 Å². The van der Waals surface area contributed by atoms with E-state index in [4.69, 9.17) is 5.21 Å². The van der Waals surface area contributed by atoms with E-state index in [1.54, 1.807) is 11.3 Å². The van der Waals surface area contributed by atoms with Crippen molar-refractivity contribution in [2.75, 3.05) is 5.32 Å². The zero-order valence-electron chi connectivity index (χ0n) is 16.4. The van der Waals surface area contributed by atoms with Gasteiger partial charge in [0.2, 0.25) is 0 Å². The minimum absolute atomic E-state index is 0.147. The average molecular weight is 404 g/mol. The molecule has 2 N–H and O–H groups in total. The van der Waals surface area contributed by atoms with Crippen LogP contribution in [0.4, 0.5) is 5.69 Å². The second-order valence-electron chi connectivity index (χ2n) is 7.00. The Morgan fingerprint density at radius 3 is 2.55 bits per heavy atom. The molecule has 146 valence electrons. The Balaban J connectivity index is 1.88. The molecule has 0 fully saturated rings. The van der Waals surface area contributed by atoms with Crippen LogP contribution in [0.3, 0.4) is 0 Å². The summed E-state index contributed by atoms with van der Waals surface area (Å²) in [5.74, 6) is -0.147. The minimum Gasteiger partial charge on any atom is -0.411 e. The fourth-order valence-electron chi connectivity index (χ4n) is 3.53. The van der Waals surface area contributed by atoms with Crippen LogP contribution in [0, 0.1) is 20.8 Å². The molecule has 0 bridgehead atoms. The first-order valence-electron chi connectivity index (χ1n) is 9.26. The highest BCUT2D eigenvalue weighted by molar-refractivity contribution is 7.22. The SMILES string of the molecule is Cc1ccc(NC(=O)c2c(-n3c(C)cc(/C=N/O)c3C)sc3ccccc23)cc1. The summed E-state index contributed by atoms with van der Waals surface area (Å²) in [6.45, 7) is 5.95. The number of rotatable bonds is 4. The normalized spacial score (nSPS) is 11.4. The van der Waals surface area contributed by atoms with E-state index >= 15 is 0 Å². The molecule has 0 unspecified atom stereocenters. The number of aromatic nitrogens is 1. The number of fused-ring (bicyclic) bond motifs is 1. The van der Waals surface area contributed by atoms with Crippen molar-refractivity contribution in [3.8, 4) is 5.00 Å². The lowest BCUT2D eigenvalue weighted by Crippen LogP contribution is -2.14. The number of hydrogen-bond donors (Lipinski definition) is 2. The van der Waals surface area contributed by atoms with Gasteiger partial charge in [0.05, 0.1) is 11.8 Å². The molecule has 5 nitrogen and oxygen atoms in total. The van der Waals surface area contributed by atoms with Crippen LogP contribution in [-0.2, 0) is 0 Å². The number of benzene rings is 2. The Labute approximate surface area is 172 Å². The van der Waals surface area contributed by atoms with E-state index in [1.165, 1.54) is 6.21 Å². The third kappa shape index (κ3) is 3.43. The molecule has 4 aromatic rings. The number of nitrogens with zero attached hydrogens (tertiary/aromatic N) is 2. The van der Waals surface area contributed by atoms with Crippen LogP contribution in [0.15, 0.2) is 59.8 Å². The summed E-state index contributed by atoms with van der Waals surface area (Å²) in [6.07, 6.45) is 1.41. The van der Waals surface area contributed by atoms with Gasteiger partial charge in [-0.15, -0.1) is 11.3 Å². The molecule has 1 amide bonds. The highest BCUT2D eigenvalue weighted by Crippen LogP contribution is 2.37. The first-order chi connectivity index (χ1) is 14.0. The first-order valence-corrected chi connectivity index (χ1v) is 10.1. The predicted molar refractivity (Wildman–Crippen MR) is 119 cm³/mol. The van der Waals surface area contributed by atoms with Gasteiger partial charge in [0.15, 0.2) is 0 Å². The van der Waals surface area contributed by atoms with Crippen LogP contribution in [0.1, 0.15) is 32.9 Å². The van der Waals surface area contributed by atoms with Gasteiger partial charge in [-0.1, -0.05) is 41.1 Å². The van der Waals surface area contributed by atoms with Gasteiger partial charge in [-0.2, -0.15) is 0 Å². The maximum atomic E-state index is 13.3. The molecule has 0 atom stereocenters. The minimum atomic E-state index is -0.147. The highest BCUT2D eigenvalue weighted by atomic mass is 32.1. The van der Waals surface area contributed by atoms with Gasteiger partial charge in [0, 0.05) is 32.7 Å². The Bertz CT molecular complexity index is 1230. The Kier molecular flexibility index (Phi) is 4.94. The fourth-order valence-corrected chi connectivity index (χ4v) is 4.84. The molecule has 2 aromatic carbocycles. The molecule has 0 radical (unpaired) electrons. The number of nitrogens with one attached hydrogen (secondary N) is 1. The van der Waals surface area contributed by atoms with Crippen molar-refractivity contribution in [1.82, 2.24) is 4.57 Å². The van der Waals surface area contributed by atoms with Crippen molar-refractivity contribution in [2.45, 2.75) is 20.8 Å². The van der Waals surface area contributed by atoms with E-state index in [-0.39, 0.29) is 5.91 Å². The van der Waals surface area contributed by atoms with Crippen LogP contribution >= 0.6 is 11.3 Å². The zero-order valence-corrected chi connectivity index (χ0v) is 17.2. The van der Waals surface area contributed by atoms with Crippen LogP contribution < -0.4 is 5.32 Å². The Hall–Kier alpha value is -3.38. The number of oxime groups is 1. The van der Waals surface area contributed by atoms with Crippen molar-refractivity contribution in [3.05, 3.63) is 82.7 Å². The van der Waals surface area contributed by atoms with Gasteiger partial charge in [-0.25, -0.2) is 0 Å². The number of carbonyl (C=O) groups excluding carboxylic acids is 1. The van der Waals surface area contributed by atoms with Crippen molar-refractivity contribution in [2.24, 2.45) is 5.16 Å². The number of amides is 1. The van der Waals surface area contributed by atoms with Crippen LogP contribution in [0.5, 0.6) is 0 Å². The third-order valence-corrected chi connectivity index (χ3v) is 6.14. The summed E-state index contributed by atoms with van der Waals surface area (Å²) in [7, 11) is 0. The summed E-state index contributed by atoms with van der Waals surface area (Å²) >= 11 is 1.57. The summed E-state index contributed by atoms with van der Waals surface area (Å²) in [5.41, 5.74) is 5.23. The summed E-state index contributed by atoms with van der Waals surface area (Å²) in [6, 6.07) is 17.6. The number of anilines is 1. The largest absolute Gasteiger partial charge is 0.411 e. The summed E-state index contributed by atoms with van der Waals surface area (Å²) in [4.78, 5) is 13.3. The maximum Gasteiger partial charge on any atom is 0.259 e. The Morgan fingerprint density at radius 2 is 1.83 bits per heavy atom. The van der Waals surface area contributed by atoms with E-state index < -0.39 is 0 Å². The van der Waals surface area contributed by atoms with Crippen molar-refractivity contribution in [3.63, 3.8) is 0 Å². The number of aryl methyl sites for hydroxylation is 2. The molecule has 4 rings (SSSR count). The molecule has 0 aliphatic heterocycles. The van der Waals surface area contributed by atoms with E-state index in [0.717, 1.165) is 43.3 Å². The zero-order chi connectivity index (χ0) is 20.5. The molecule has 0 aliphatic rings. The average Bonchev–Trinajstić information content (AvgIpc) is 3.20. The van der Waals surface area contributed by atoms with Gasteiger partial charge >= 0.3 is 0 Å². The standard InChI is InChI=1S/C23H21N3O2S/c1-14-8-10-18(11-9-14)25-22(27)21-19-6-4-5-7-20(19)29-23(21)26-15(2)12-17(13-24-28)16(26)3/h4-13,28H,1-3H3,(H,25,27)/b24-13+. The van der Waals surface area contributed by atoms with Gasteiger partial charge < -0.3 is 15.1 Å². The molecular weight excluding hydrogens is 382 g/mol. The van der Waals surface area contributed by atoms with Gasteiger partial charge in [-0.05, 0) is 45.0 Å². The molecule has 29 heavy (non-hydrogen) atoms. The highest BCUT2D eigenvalue weighted by Gasteiger charge is 2.23. The molecular formula is C23H21N3O2S. The van der Waals surface area contributed by atoms with Crippen LogP contribution in [0.25, 0.3) is 15.1 Å². The third-order valence-electron chi connectivity index (χ3n) is 4.98. The van der Waals surface area contributed by atoms with Crippen molar-refractivity contribution < 1.29 is 10.0 Å². The quantitative estimate of drug-likeness (QED) is 0.262. The second kappa shape index (κ2) is 7.56. The van der Waals surface area contributed by atoms with E-state index in [9.17, 15) is 4.79 Å². The van der Waals surface area contributed by atoms with E-state index in [2.05, 4.69) is 10.5 Å². The summed E-state index contributed by atoms with van der Waals surface area (Å²) in [5, 5.41) is 16.9.